The molecule has 1 aromatic heterocycles. The van der Waals surface area contributed by atoms with Crippen LogP contribution in [-0.2, 0) is 4.79 Å². The van der Waals surface area contributed by atoms with E-state index in [1.165, 1.54) is 35.7 Å². The van der Waals surface area contributed by atoms with Gasteiger partial charge in [-0.25, -0.2) is 4.68 Å². The van der Waals surface area contributed by atoms with Crippen LogP contribution in [0.15, 0.2) is 23.4 Å². The average Bonchev–Trinajstić information content (AvgIpc) is 3.07. The van der Waals surface area contributed by atoms with Crippen molar-refractivity contribution in [3.63, 3.8) is 0 Å². The normalized spacial score (nSPS) is 19.2. The highest BCUT2D eigenvalue weighted by atomic mass is 32.2. The Labute approximate surface area is 169 Å². The van der Waals surface area contributed by atoms with Crippen LogP contribution in [0.3, 0.4) is 0 Å². The van der Waals surface area contributed by atoms with Crippen LogP contribution in [0.2, 0.25) is 0 Å². The molecule has 2 aromatic rings. The van der Waals surface area contributed by atoms with Crippen molar-refractivity contribution in [1.82, 2.24) is 20.2 Å². The third kappa shape index (κ3) is 4.52. The molecule has 0 spiro atoms. The first kappa shape index (κ1) is 20.3. The van der Waals surface area contributed by atoms with Gasteiger partial charge in [0.25, 0.3) is 0 Å². The molecule has 0 saturated heterocycles. The summed E-state index contributed by atoms with van der Waals surface area (Å²) in [5.41, 5.74) is 0.700. The molecule has 1 aliphatic rings. The fraction of sp³-hybridized carbons (Fsp3) is 0.526. The van der Waals surface area contributed by atoms with Gasteiger partial charge in [0.1, 0.15) is 11.5 Å². The Bertz CT molecular complexity index is 826. The molecule has 0 aliphatic heterocycles. The number of nitrogen functional groups attached to an aromatic ring is 1. The van der Waals surface area contributed by atoms with E-state index in [0.29, 0.717) is 34.0 Å². The number of nitrogens with two attached hydrogens (primary N) is 1. The molecular weight excluding hydrogens is 378 g/mol. The van der Waals surface area contributed by atoms with E-state index in [-0.39, 0.29) is 17.7 Å². The zero-order chi connectivity index (χ0) is 20.1. The lowest BCUT2D eigenvalue weighted by atomic mass is 9.86. The van der Waals surface area contributed by atoms with Gasteiger partial charge in [0, 0.05) is 12.1 Å². The number of hydrogen-bond donors (Lipinski definition) is 2. The molecule has 0 bridgehead atoms. The Hall–Kier alpha value is -2.42. The molecule has 0 radical (unpaired) electrons. The first-order valence-electron chi connectivity index (χ1n) is 9.38. The summed E-state index contributed by atoms with van der Waals surface area (Å²) in [5.74, 6) is 8.66. The van der Waals surface area contributed by atoms with E-state index in [9.17, 15) is 4.79 Å². The van der Waals surface area contributed by atoms with Crippen molar-refractivity contribution in [2.75, 3.05) is 25.8 Å². The summed E-state index contributed by atoms with van der Waals surface area (Å²) in [6, 6.07) is 5.64. The number of amides is 1. The quantitative estimate of drug-likeness (QED) is 0.538. The van der Waals surface area contributed by atoms with Crippen LogP contribution < -0.4 is 20.6 Å². The van der Waals surface area contributed by atoms with Gasteiger partial charge in [0.15, 0.2) is 5.82 Å². The molecule has 1 fully saturated rings. The molecule has 8 nitrogen and oxygen atoms in total. The van der Waals surface area contributed by atoms with Gasteiger partial charge in [0.05, 0.1) is 25.5 Å². The Morgan fingerprint density at radius 1 is 1.29 bits per heavy atom. The molecule has 0 unspecified atom stereocenters. The lowest BCUT2D eigenvalue weighted by molar-refractivity contribution is -0.119. The molecule has 3 rings (SSSR count). The highest BCUT2D eigenvalue weighted by Gasteiger charge is 2.23. The summed E-state index contributed by atoms with van der Waals surface area (Å²) < 4.78 is 12.0. The second-order valence-electron chi connectivity index (χ2n) is 6.97. The zero-order valence-corrected chi connectivity index (χ0v) is 17.3. The third-order valence-corrected chi connectivity index (χ3v) is 6.05. The Kier molecular flexibility index (Phi) is 6.66. The second kappa shape index (κ2) is 9.18. The number of hydrogen-bond acceptors (Lipinski definition) is 7. The highest BCUT2D eigenvalue weighted by Crippen LogP contribution is 2.33. The first-order valence-corrected chi connectivity index (χ1v) is 10.4. The number of nitrogens with zero attached hydrogens (tertiary/aromatic N) is 3. The minimum atomic E-state index is -0.00433. The van der Waals surface area contributed by atoms with E-state index in [4.69, 9.17) is 15.3 Å². The molecule has 2 atom stereocenters. The number of methoxy groups -OCH3 is 2. The monoisotopic (exact) mass is 405 g/mol. The summed E-state index contributed by atoms with van der Waals surface area (Å²) in [5, 5.41) is 11.9. The predicted octanol–water partition coefficient (Wildman–Crippen LogP) is 2.46. The van der Waals surface area contributed by atoms with Gasteiger partial charge >= 0.3 is 0 Å². The number of nitrogens with one attached hydrogen (secondary N) is 1. The van der Waals surface area contributed by atoms with E-state index in [2.05, 4.69) is 22.4 Å². The van der Waals surface area contributed by atoms with Crippen molar-refractivity contribution in [3.8, 4) is 22.9 Å². The molecule has 1 aromatic carbocycles. The molecular formula is C19H27N5O3S. The SMILES string of the molecule is COc1ccc(-c2nnc(SCC(=O)N[C@@H]3CCCC[C@@H]3C)n2N)c(OC)c1. The zero-order valence-electron chi connectivity index (χ0n) is 16.5. The molecule has 3 N–H and O–H groups in total. The molecule has 1 amide bonds. The lowest BCUT2D eigenvalue weighted by Gasteiger charge is -2.29. The van der Waals surface area contributed by atoms with Crippen molar-refractivity contribution >= 4 is 17.7 Å². The number of carbonyl (C=O) groups is 1. The maximum Gasteiger partial charge on any atom is 0.230 e. The van der Waals surface area contributed by atoms with Gasteiger partial charge in [0.2, 0.25) is 11.1 Å². The van der Waals surface area contributed by atoms with E-state index in [1.807, 2.05) is 6.07 Å². The van der Waals surface area contributed by atoms with E-state index in [0.717, 1.165) is 6.42 Å². The van der Waals surface area contributed by atoms with Gasteiger partial charge in [-0.2, -0.15) is 0 Å². The highest BCUT2D eigenvalue weighted by molar-refractivity contribution is 7.99. The fourth-order valence-electron chi connectivity index (χ4n) is 3.45. The molecule has 1 heterocycles. The summed E-state index contributed by atoms with van der Waals surface area (Å²) >= 11 is 1.27. The van der Waals surface area contributed by atoms with E-state index >= 15 is 0 Å². The van der Waals surface area contributed by atoms with Gasteiger partial charge in [-0.1, -0.05) is 31.5 Å². The van der Waals surface area contributed by atoms with Gasteiger partial charge in [-0.05, 0) is 30.9 Å². The van der Waals surface area contributed by atoms with Crippen LogP contribution in [0.5, 0.6) is 11.5 Å². The smallest absolute Gasteiger partial charge is 0.230 e. The third-order valence-electron chi connectivity index (χ3n) is 5.10. The molecule has 1 aliphatic carbocycles. The number of ether oxygens (including phenoxy) is 2. The summed E-state index contributed by atoms with van der Waals surface area (Å²) in [4.78, 5) is 12.3. The van der Waals surface area contributed by atoms with Crippen LogP contribution in [0.25, 0.3) is 11.4 Å². The van der Waals surface area contributed by atoms with Crippen LogP contribution in [0.4, 0.5) is 0 Å². The number of carbonyl (C=O) groups excluding carboxylic acids is 1. The van der Waals surface area contributed by atoms with Crippen LogP contribution in [0, 0.1) is 5.92 Å². The maximum absolute atomic E-state index is 12.3. The average molecular weight is 406 g/mol. The molecule has 9 heteroatoms. The number of aromatic nitrogens is 3. The number of benzene rings is 1. The number of thioether (sulfide) groups is 1. The predicted molar refractivity (Wildman–Crippen MR) is 109 cm³/mol. The van der Waals surface area contributed by atoms with E-state index in [1.54, 1.807) is 26.4 Å². The number of rotatable bonds is 7. The van der Waals surface area contributed by atoms with Crippen molar-refractivity contribution in [1.29, 1.82) is 0 Å². The van der Waals surface area contributed by atoms with Crippen LogP contribution in [0.1, 0.15) is 32.6 Å². The maximum atomic E-state index is 12.3. The van der Waals surface area contributed by atoms with Crippen molar-refractivity contribution in [3.05, 3.63) is 18.2 Å². The molecule has 152 valence electrons. The van der Waals surface area contributed by atoms with Gasteiger partial charge < -0.3 is 20.6 Å². The van der Waals surface area contributed by atoms with Crippen molar-refractivity contribution < 1.29 is 14.3 Å². The molecule has 1 saturated carbocycles. The standard InChI is InChI=1S/C19H27N5O3S/c1-12-6-4-5-7-15(12)21-17(25)11-28-19-23-22-18(24(19)20)14-9-8-13(26-2)10-16(14)27-3/h8-10,12,15H,4-7,11,20H2,1-3H3,(H,21,25)/t12-,15+/m0/s1. The largest absolute Gasteiger partial charge is 0.497 e. The Morgan fingerprint density at radius 2 is 2.07 bits per heavy atom. The Morgan fingerprint density at radius 3 is 2.79 bits per heavy atom. The van der Waals surface area contributed by atoms with Crippen LogP contribution >= 0.6 is 11.8 Å². The van der Waals surface area contributed by atoms with Gasteiger partial charge in [-0.15, -0.1) is 10.2 Å². The molecule has 28 heavy (non-hydrogen) atoms. The minimum Gasteiger partial charge on any atom is -0.497 e. The van der Waals surface area contributed by atoms with E-state index < -0.39 is 0 Å². The van der Waals surface area contributed by atoms with Crippen LogP contribution in [-0.4, -0.2) is 46.8 Å². The topological polar surface area (TPSA) is 104 Å². The summed E-state index contributed by atoms with van der Waals surface area (Å²) in [6.07, 6.45) is 4.64. The first-order chi connectivity index (χ1) is 13.5. The fourth-order valence-corrected chi connectivity index (χ4v) is 4.12. The Balaban J connectivity index is 1.66. The summed E-state index contributed by atoms with van der Waals surface area (Å²) in [6.45, 7) is 2.20. The van der Waals surface area contributed by atoms with Crippen molar-refractivity contribution in [2.45, 2.75) is 43.8 Å². The lowest BCUT2D eigenvalue weighted by Crippen LogP contribution is -2.41. The summed E-state index contributed by atoms with van der Waals surface area (Å²) in [7, 11) is 3.16. The van der Waals surface area contributed by atoms with Gasteiger partial charge in [-0.3, -0.25) is 4.79 Å². The van der Waals surface area contributed by atoms with Crippen molar-refractivity contribution in [2.24, 2.45) is 5.92 Å². The minimum absolute atomic E-state index is 0.00433. The second-order valence-corrected chi connectivity index (χ2v) is 7.91.